The number of nitrogens with zero attached hydrogens (tertiary/aromatic N) is 5. The zero-order valence-corrected chi connectivity index (χ0v) is 24.1. The first kappa shape index (κ1) is 27.0. The molecule has 5 aromatic rings. The zero-order chi connectivity index (χ0) is 28.2. The minimum atomic E-state index is -0.0265. The van der Waals surface area contributed by atoms with E-state index in [0.29, 0.717) is 24.2 Å². The second-order valence-electron chi connectivity index (χ2n) is 10.4. The van der Waals surface area contributed by atoms with Crippen molar-refractivity contribution in [3.8, 4) is 10.4 Å². The molecular weight excluding hydrogens is 532 g/mol. The summed E-state index contributed by atoms with van der Waals surface area (Å²) >= 11 is 1.56. The quantitative estimate of drug-likeness (QED) is 0.195. The SMILES string of the molecule is CCC(CC)c1cc2cnc(Nc3ccc(NC4CCNC4)cc3)nc2n(Cc2ncsc2-c2ccncc2)c1=O. The molecule has 1 unspecified atom stereocenters. The molecule has 0 radical (unpaired) electrons. The van der Waals surface area contributed by atoms with Crippen LogP contribution in [0.25, 0.3) is 21.5 Å². The maximum absolute atomic E-state index is 14.0. The fourth-order valence-corrected chi connectivity index (χ4v) is 6.28. The summed E-state index contributed by atoms with van der Waals surface area (Å²) < 4.78 is 1.76. The topological polar surface area (TPSA) is 110 Å². The van der Waals surface area contributed by atoms with Gasteiger partial charge in [0.1, 0.15) is 5.65 Å². The van der Waals surface area contributed by atoms with Gasteiger partial charge in [0.2, 0.25) is 5.95 Å². The Bertz CT molecular complexity index is 1670. The molecule has 0 spiro atoms. The highest BCUT2D eigenvalue weighted by atomic mass is 32.1. The van der Waals surface area contributed by atoms with Gasteiger partial charge in [-0.3, -0.25) is 14.3 Å². The number of anilines is 3. The monoisotopic (exact) mass is 566 g/mol. The summed E-state index contributed by atoms with van der Waals surface area (Å²) in [6.45, 7) is 6.60. The van der Waals surface area contributed by atoms with Gasteiger partial charge in [-0.25, -0.2) is 9.97 Å². The van der Waals surface area contributed by atoms with Crippen molar-refractivity contribution in [2.45, 2.75) is 51.6 Å². The number of pyridine rings is 2. The minimum Gasteiger partial charge on any atom is -0.381 e. The number of benzene rings is 1. The Morgan fingerprint density at radius 2 is 1.85 bits per heavy atom. The normalized spacial score (nSPS) is 15.0. The molecule has 0 amide bonds. The maximum Gasteiger partial charge on any atom is 0.256 e. The summed E-state index contributed by atoms with van der Waals surface area (Å²) in [6, 6.07) is 14.5. The molecule has 1 aliphatic heterocycles. The van der Waals surface area contributed by atoms with Crippen LogP contribution in [0.5, 0.6) is 0 Å². The first-order valence-electron chi connectivity index (χ1n) is 14.2. The van der Waals surface area contributed by atoms with Crippen molar-refractivity contribution in [2.24, 2.45) is 0 Å². The van der Waals surface area contributed by atoms with Crippen molar-refractivity contribution < 1.29 is 0 Å². The Morgan fingerprint density at radius 3 is 2.59 bits per heavy atom. The third kappa shape index (κ3) is 5.84. The van der Waals surface area contributed by atoms with Crippen LogP contribution < -0.4 is 21.5 Å². The predicted molar refractivity (Wildman–Crippen MR) is 166 cm³/mol. The molecule has 1 saturated heterocycles. The van der Waals surface area contributed by atoms with E-state index in [0.717, 1.165) is 70.8 Å². The van der Waals surface area contributed by atoms with Crippen LogP contribution in [0.2, 0.25) is 0 Å². The molecule has 6 rings (SSSR count). The van der Waals surface area contributed by atoms with Gasteiger partial charge in [-0.05, 0) is 79.8 Å². The summed E-state index contributed by atoms with van der Waals surface area (Å²) in [6.07, 6.45) is 8.25. The Labute approximate surface area is 243 Å². The van der Waals surface area contributed by atoms with Gasteiger partial charge in [0, 0.05) is 53.5 Å². The van der Waals surface area contributed by atoms with Crippen LogP contribution in [-0.4, -0.2) is 43.6 Å². The molecule has 210 valence electrons. The lowest BCUT2D eigenvalue weighted by Crippen LogP contribution is -2.27. The van der Waals surface area contributed by atoms with Gasteiger partial charge in [-0.15, -0.1) is 11.3 Å². The summed E-state index contributed by atoms with van der Waals surface area (Å²) in [5.41, 5.74) is 7.01. The van der Waals surface area contributed by atoms with Gasteiger partial charge in [-0.2, -0.15) is 4.98 Å². The molecule has 4 aromatic heterocycles. The standard InChI is InChI=1S/C31H34N8OS/c1-3-20(4-2)26-15-22-16-34-31(37-24-7-5-23(6-8-24)36-25-11-14-33-17-25)38-29(22)39(30(26)40)18-27-28(41-19-35-27)21-9-12-32-13-10-21/h5-10,12-13,15-16,19-20,25,33,36H,3-4,11,14,17-18H2,1-2H3,(H,34,37,38). The molecule has 5 heterocycles. The molecular formula is C31H34N8OS. The Hall–Kier alpha value is -4.15. The van der Waals surface area contributed by atoms with Crippen molar-refractivity contribution in [1.82, 2.24) is 29.8 Å². The van der Waals surface area contributed by atoms with Crippen LogP contribution in [0, 0.1) is 0 Å². The smallest absolute Gasteiger partial charge is 0.256 e. The lowest BCUT2D eigenvalue weighted by atomic mass is 9.94. The number of rotatable bonds is 10. The van der Waals surface area contributed by atoms with Crippen LogP contribution in [-0.2, 0) is 6.54 Å². The largest absolute Gasteiger partial charge is 0.381 e. The molecule has 3 N–H and O–H groups in total. The van der Waals surface area contributed by atoms with Gasteiger partial charge in [0.25, 0.3) is 5.56 Å². The first-order chi connectivity index (χ1) is 20.1. The van der Waals surface area contributed by atoms with E-state index >= 15 is 0 Å². The van der Waals surface area contributed by atoms with Crippen LogP contribution in [0.4, 0.5) is 17.3 Å². The number of thiazole rings is 1. The fraction of sp³-hybridized carbons (Fsp3) is 0.323. The van der Waals surface area contributed by atoms with E-state index in [1.807, 2.05) is 35.8 Å². The van der Waals surface area contributed by atoms with E-state index in [2.05, 4.69) is 56.9 Å². The maximum atomic E-state index is 14.0. The second kappa shape index (κ2) is 12.2. The van der Waals surface area contributed by atoms with E-state index < -0.39 is 0 Å². The van der Waals surface area contributed by atoms with Crippen LogP contribution >= 0.6 is 11.3 Å². The number of fused-ring (bicyclic) bond motifs is 1. The number of aromatic nitrogens is 5. The molecule has 1 fully saturated rings. The van der Waals surface area contributed by atoms with Gasteiger partial charge in [-0.1, -0.05) is 13.8 Å². The molecule has 1 aliphatic rings. The van der Waals surface area contributed by atoms with Crippen LogP contribution in [0.1, 0.15) is 50.3 Å². The van der Waals surface area contributed by atoms with Gasteiger partial charge in [0.15, 0.2) is 0 Å². The van der Waals surface area contributed by atoms with E-state index in [4.69, 9.17) is 4.98 Å². The van der Waals surface area contributed by atoms with E-state index in [-0.39, 0.29) is 11.5 Å². The van der Waals surface area contributed by atoms with Crippen LogP contribution in [0.3, 0.4) is 0 Å². The van der Waals surface area contributed by atoms with Gasteiger partial charge >= 0.3 is 0 Å². The third-order valence-electron chi connectivity index (χ3n) is 7.74. The third-order valence-corrected chi connectivity index (χ3v) is 8.66. The van der Waals surface area contributed by atoms with Crippen molar-refractivity contribution in [3.63, 3.8) is 0 Å². The molecule has 0 saturated carbocycles. The summed E-state index contributed by atoms with van der Waals surface area (Å²) in [5, 5.41) is 11.1. The Balaban J connectivity index is 1.35. The average Bonchev–Trinajstić information content (AvgIpc) is 3.70. The first-order valence-corrected chi connectivity index (χ1v) is 15.1. The highest BCUT2D eigenvalue weighted by Crippen LogP contribution is 2.29. The number of hydrogen-bond donors (Lipinski definition) is 3. The average molecular weight is 567 g/mol. The van der Waals surface area contributed by atoms with E-state index in [9.17, 15) is 4.79 Å². The summed E-state index contributed by atoms with van der Waals surface area (Å²) in [4.78, 5) is 33.3. The molecule has 10 heteroatoms. The van der Waals surface area contributed by atoms with Crippen molar-refractivity contribution in [3.05, 3.63) is 88.2 Å². The summed E-state index contributed by atoms with van der Waals surface area (Å²) in [7, 11) is 0. The molecule has 0 aliphatic carbocycles. The zero-order valence-electron chi connectivity index (χ0n) is 23.3. The van der Waals surface area contributed by atoms with Crippen LogP contribution in [0.15, 0.2) is 71.4 Å². The van der Waals surface area contributed by atoms with Gasteiger partial charge in [0.05, 0.1) is 22.6 Å². The second-order valence-corrected chi connectivity index (χ2v) is 11.2. The molecule has 0 bridgehead atoms. The Morgan fingerprint density at radius 1 is 1.07 bits per heavy atom. The highest BCUT2D eigenvalue weighted by Gasteiger charge is 2.20. The summed E-state index contributed by atoms with van der Waals surface area (Å²) in [5.74, 6) is 0.604. The fourth-order valence-electron chi connectivity index (χ4n) is 5.47. The molecule has 9 nitrogen and oxygen atoms in total. The highest BCUT2D eigenvalue weighted by molar-refractivity contribution is 7.13. The predicted octanol–water partition coefficient (Wildman–Crippen LogP) is 5.78. The molecule has 1 aromatic carbocycles. The lowest BCUT2D eigenvalue weighted by molar-refractivity contribution is 0.621. The Kier molecular flexibility index (Phi) is 8.02. The number of nitrogens with one attached hydrogen (secondary N) is 3. The van der Waals surface area contributed by atoms with E-state index in [1.165, 1.54) is 0 Å². The minimum absolute atomic E-state index is 0.0265. The van der Waals surface area contributed by atoms with Crippen molar-refractivity contribution in [2.75, 3.05) is 23.7 Å². The lowest BCUT2D eigenvalue weighted by Gasteiger charge is -2.17. The number of hydrogen-bond acceptors (Lipinski definition) is 9. The van der Waals surface area contributed by atoms with Crippen molar-refractivity contribution >= 4 is 39.7 Å². The van der Waals surface area contributed by atoms with E-state index in [1.54, 1.807) is 34.5 Å². The molecule has 1 atom stereocenters. The van der Waals surface area contributed by atoms with Crippen molar-refractivity contribution in [1.29, 1.82) is 0 Å². The van der Waals surface area contributed by atoms with Gasteiger partial charge < -0.3 is 16.0 Å². The molecule has 41 heavy (non-hydrogen) atoms.